The highest BCUT2D eigenvalue weighted by molar-refractivity contribution is 7.08. The minimum Gasteiger partial charge on any atom is -0.503 e. The molecule has 176 valence electrons. The van der Waals surface area contributed by atoms with E-state index in [1.54, 1.807) is 37.3 Å². The summed E-state index contributed by atoms with van der Waals surface area (Å²) >= 11 is 1.61. The average Bonchev–Trinajstić information content (AvgIpc) is 3.47. The molecular weight excluding hydrogens is 450 g/mol. The number of thiophene rings is 1. The van der Waals surface area contributed by atoms with E-state index >= 15 is 0 Å². The molecule has 0 aliphatic carbocycles. The Morgan fingerprint density at radius 1 is 1.09 bits per heavy atom. The number of carbonyl (C=O) groups excluding carboxylic acids is 2. The lowest BCUT2D eigenvalue weighted by molar-refractivity contribution is -0.119. The van der Waals surface area contributed by atoms with Crippen LogP contribution in [0.15, 0.2) is 76.7 Å². The van der Waals surface area contributed by atoms with Crippen LogP contribution in [0.25, 0.3) is 11.1 Å². The van der Waals surface area contributed by atoms with Crippen molar-refractivity contribution in [2.45, 2.75) is 26.3 Å². The highest BCUT2D eigenvalue weighted by atomic mass is 32.1. The van der Waals surface area contributed by atoms with Gasteiger partial charge in [-0.2, -0.15) is 11.3 Å². The van der Waals surface area contributed by atoms with Gasteiger partial charge in [0.2, 0.25) is 0 Å². The Morgan fingerprint density at radius 3 is 2.47 bits per heavy atom. The zero-order valence-electron chi connectivity index (χ0n) is 19.1. The second-order valence-electron chi connectivity index (χ2n) is 8.38. The molecule has 0 spiro atoms. The minimum absolute atomic E-state index is 0.00946. The van der Waals surface area contributed by atoms with Crippen LogP contribution in [0.5, 0.6) is 5.75 Å². The van der Waals surface area contributed by atoms with Crippen molar-refractivity contribution in [3.63, 3.8) is 0 Å². The first-order valence-corrected chi connectivity index (χ1v) is 12.1. The van der Waals surface area contributed by atoms with Gasteiger partial charge in [0.1, 0.15) is 5.75 Å². The monoisotopic (exact) mass is 477 g/mol. The van der Waals surface area contributed by atoms with Crippen LogP contribution in [0.2, 0.25) is 0 Å². The van der Waals surface area contributed by atoms with Crippen LogP contribution >= 0.6 is 11.3 Å². The summed E-state index contributed by atoms with van der Waals surface area (Å²) in [5.74, 6) is -1.36. The number of ether oxygens (including phenoxy) is 1. The number of Topliss-reactive ketones (excluding diaryl/α,β-unsaturated/α-hetero) is 1. The molecule has 4 rings (SSSR count). The van der Waals surface area contributed by atoms with Gasteiger partial charge in [-0.3, -0.25) is 14.5 Å². The summed E-state index contributed by atoms with van der Waals surface area (Å²) in [5, 5.41) is 24.0. The van der Waals surface area contributed by atoms with E-state index in [1.807, 2.05) is 53.2 Å². The minimum atomic E-state index is -0.834. The molecule has 1 aliphatic heterocycles. The Bertz CT molecular complexity index is 1200. The predicted octanol–water partition coefficient (Wildman–Crippen LogP) is 5.30. The zero-order chi connectivity index (χ0) is 24.2. The Hall–Kier alpha value is -3.42. The van der Waals surface area contributed by atoms with Crippen molar-refractivity contribution >= 4 is 28.7 Å². The first-order valence-electron chi connectivity index (χ1n) is 11.2. The quantitative estimate of drug-likeness (QED) is 0.408. The molecule has 2 aromatic carbocycles. The Labute approximate surface area is 202 Å². The van der Waals surface area contributed by atoms with Gasteiger partial charge in [0, 0.05) is 30.2 Å². The van der Waals surface area contributed by atoms with Crippen LogP contribution < -0.4 is 9.64 Å². The summed E-state index contributed by atoms with van der Waals surface area (Å²) in [5.41, 5.74) is 3.33. The van der Waals surface area contributed by atoms with Gasteiger partial charge in [0.05, 0.1) is 18.2 Å². The van der Waals surface area contributed by atoms with Gasteiger partial charge >= 0.3 is 0 Å². The molecule has 7 heteroatoms. The van der Waals surface area contributed by atoms with E-state index in [4.69, 9.17) is 9.84 Å². The van der Waals surface area contributed by atoms with Gasteiger partial charge in [-0.1, -0.05) is 44.2 Å². The van der Waals surface area contributed by atoms with Crippen molar-refractivity contribution < 1.29 is 24.5 Å². The summed E-state index contributed by atoms with van der Waals surface area (Å²) in [6.07, 6.45) is 0.449. The number of ketones is 1. The number of aliphatic hydroxyl groups is 2. The maximum Gasteiger partial charge on any atom is 0.294 e. The van der Waals surface area contributed by atoms with Crippen molar-refractivity contribution in [3.05, 3.63) is 82.3 Å². The van der Waals surface area contributed by atoms with E-state index < -0.39 is 23.6 Å². The van der Waals surface area contributed by atoms with Gasteiger partial charge in [0.15, 0.2) is 11.5 Å². The summed E-state index contributed by atoms with van der Waals surface area (Å²) in [6, 6.07) is 15.9. The third-order valence-corrected chi connectivity index (χ3v) is 6.45. The lowest BCUT2D eigenvalue weighted by atomic mass is 9.90. The third-order valence-electron chi connectivity index (χ3n) is 5.77. The van der Waals surface area contributed by atoms with Crippen molar-refractivity contribution in [1.82, 2.24) is 0 Å². The Balaban J connectivity index is 1.80. The molecule has 1 atom stereocenters. The van der Waals surface area contributed by atoms with Crippen LogP contribution in [0.1, 0.15) is 31.9 Å². The molecule has 0 saturated carbocycles. The van der Waals surface area contributed by atoms with Crippen LogP contribution in [-0.2, 0) is 9.59 Å². The third kappa shape index (κ3) is 4.49. The number of benzene rings is 2. The number of hydrogen-bond donors (Lipinski definition) is 2. The first kappa shape index (κ1) is 23.7. The molecule has 2 heterocycles. The highest BCUT2D eigenvalue weighted by Crippen LogP contribution is 2.45. The molecule has 1 unspecified atom stereocenters. The predicted molar refractivity (Wildman–Crippen MR) is 133 cm³/mol. The molecule has 1 amide bonds. The number of amides is 1. The fraction of sp³-hybridized carbons (Fsp3) is 0.259. The van der Waals surface area contributed by atoms with Gasteiger partial charge in [-0.25, -0.2) is 0 Å². The molecule has 2 N–H and O–H groups in total. The van der Waals surface area contributed by atoms with Gasteiger partial charge in [-0.15, -0.1) is 0 Å². The number of rotatable bonds is 9. The van der Waals surface area contributed by atoms with Crippen molar-refractivity contribution in [2.24, 2.45) is 5.92 Å². The standard InChI is InChI=1S/C27H27NO5S/c1-17(2)25(30)23-24(21-6-3-4-7-22(21)33-14-5-13-29)28(27(32)26(23)31)20-10-8-18(9-11-20)19-12-15-34-16-19/h3-4,6-12,15-17,24,29,31H,5,13-14H2,1-2H3. The smallest absolute Gasteiger partial charge is 0.294 e. The fourth-order valence-electron chi connectivity index (χ4n) is 4.06. The van der Waals surface area contributed by atoms with E-state index in [0.717, 1.165) is 11.1 Å². The SMILES string of the molecule is CC(C)C(=O)C1=C(O)C(=O)N(c2ccc(-c3ccsc3)cc2)C1c1ccccc1OCCCO. The van der Waals surface area contributed by atoms with Crippen molar-refractivity contribution in [3.8, 4) is 16.9 Å². The Kier molecular flexibility index (Phi) is 7.14. The van der Waals surface area contributed by atoms with Crippen LogP contribution in [0.3, 0.4) is 0 Å². The number of para-hydroxylation sites is 1. The zero-order valence-corrected chi connectivity index (χ0v) is 19.9. The van der Waals surface area contributed by atoms with Crippen LogP contribution in [-0.4, -0.2) is 35.1 Å². The summed E-state index contributed by atoms with van der Waals surface area (Å²) in [6.45, 7) is 3.76. The van der Waals surface area contributed by atoms with E-state index in [1.165, 1.54) is 4.90 Å². The average molecular weight is 478 g/mol. The number of hydrogen-bond acceptors (Lipinski definition) is 6. The van der Waals surface area contributed by atoms with Crippen molar-refractivity contribution in [1.29, 1.82) is 0 Å². The molecule has 1 aromatic heterocycles. The topological polar surface area (TPSA) is 87.1 Å². The molecule has 1 aliphatic rings. The second-order valence-corrected chi connectivity index (χ2v) is 9.16. The molecule has 0 saturated heterocycles. The van der Waals surface area contributed by atoms with E-state index in [2.05, 4.69) is 0 Å². The summed E-state index contributed by atoms with van der Waals surface area (Å²) < 4.78 is 5.89. The molecule has 3 aromatic rings. The van der Waals surface area contributed by atoms with Gasteiger partial charge in [-0.05, 0) is 46.2 Å². The van der Waals surface area contributed by atoms with Gasteiger partial charge in [0.25, 0.3) is 5.91 Å². The molecular formula is C27H27NO5S. The number of carbonyl (C=O) groups is 2. The van der Waals surface area contributed by atoms with E-state index in [-0.39, 0.29) is 24.6 Å². The number of nitrogens with zero attached hydrogens (tertiary/aromatic N) is 1. The number of anilines is 1. The molecule has 0 radical (unpaired) electrons. The van der Waals surface area contributed by atoms with Crippen molar-refractivity contribution in [2.75, 3.05) is 18.1 Å². The van der Waals surface area contributed by atoms with E-state index in [9.17, 15) is 14.7 Å². The van der Waals surface area contributed by atoms with Crippen LogP contribution in [0.4, 0.5) is 5.69 Å². The largest absolute Gasteiger partial charge is 0.503 e. The maximum absolute atomic E-state index is 13.3. The molecule has 0 bridgehead atoms. The first-order chi connectivity index (χ1) is 16.4. The lowest BCUT2D eigenvalue weighted by Crippen LogP contribution is -2.31. The lowest BCUT2D eigenvalue weighted by Gasteiger charge is -2.29. The summed E-state index contributed by atoms with van der Waals surface area (Å²) in [4.78, 5) is 27.9. The maximum atomic E-state index is 13.3. The molecule has 34 heavy (non-hydrogen) atoms. The second kappa shape index (κ2) is 10.2. The number of aliphatic hydroxyl groups excluding tert-OH is 2. The van der Waals surface area contributed by atoms with E-state index in [0.29, 0.717) is 23.4 Å². The summed E-state index contributed by atoms with van der Waals surface area (Å²) in [7, 11) is 0. The highest BCUT2D eigenvalue weighted by Gasteiger charge is 2.45. The molecule has 6 nitrogen and oxygen atoms in total. The normalized spacial score (nSPS) is 15.9. The Morgan fingerprint density at radius 2 is 1.82 bits per heavy atom. The fourth-order valence-corrected chi connectivity index (χ4v) is 4.72. The molecule has 0 fully saturated rings. The van der Waals surface area contributed by atoms with Crippen LogP contribution in [0, 0.1) is 5.92 Å². The van der Waals surface area contributed by atoms with Gasteiger partial charge < -0.3 is 14.9 Å².